The SMILES string of the molecule is CCN(Cc1cccc(CNCC(C)C)n1)CC1CCC1. The Kier molecular flexibility index (Phi) is 6.65. The third-order valence-electron chi connectivity index (χ3n) is 4.30. The number of hydrogen-bond acceptors (Lipinski definition) is 3. The van der Waals surface area contributed by atoms with Crippen molar-refractivity contribution >= 4 is 0 Å². The predicted molar refractivity (Wildman–Crippen MR) is 89.1 cm³/mol. The molecule has 1 saturated carbocycles. The van der Waals surface area contributed by atoms with Crippen molar-refractivity contribution in [2.75, 3.05) is 19.6 Å². The van der Waals surface area contributed by atoms with Crippen molar-refractivity contribution in [1.82, 2.24) is 15.2 Å². The standard InChI is InChI=1S/C18H31N3/c1-4-21(13-16-7-5-8-16)14-18-10-6-9-17(20-18)12-19-11-15(2)3/h6,9-10,15-16,19H,4-5,7-8,11-14H2,1-3H3. The maximum atomic E-state index is 4.80. The minimum atomic E-state index is 0.686. The lowest BCUT2D eigenvalue weighted by atomic mass is 9.85. The molecule has 1 aromatic heterocycles. The van der Waals surface area contributed by atoms with Gasteiger partial charge in [-0.25, -0.2) is 0 Å². The zero-order chi connectivity index (χ0) is 15.1. The van der Waals surface area contributed by atoms with E-state index in [9.17, 15) is 0 Å². The van der Waals surface area contributed by atoms with Crippen LogP contribution in [0.4, 0.5) is 0 Å². The molecule has 21 heavy (non-hydrogen) atoms. The molecule has 0 amide bonds. The summed E-state index contributed by atoms with van der Waals surface area (Å²) in [5, 5.41) is 3.47. The smallest absolute Gasteiger partial charge is 0.0547 e. The summed E-state index contributed by atoms with van der Waals surface area (Å²) in [5.74, 6) is 1.62. The largest absolute Gasteiger partial charge is 0.311 e. The average Bonchev–Trinajstić information content (AvgIpc) is 2.41. The summed E-state index contributed by atoms with van der Waals surface area (Å²) >= 11 is 0. The van der Waals surface area contributed by atoms with Crippen molar-refractivity contribution in [2.24, 2.45) is 11.8 Å². The van der Waals surface area contributed by atoms with Crippen molar-refractivity contribution < 1.29 is 0 Å². The number of nitrogens with one attached hydrogen (secondary N) is 1. The van der Waals surface area contributed by atoms with Gasteiger partial charge in [0.25, 0.3) is 0 Å². The van der Waals surface area contributed by atoms with Gasteiger partial charge in [-0.1, -0.05) is 33.3 Å². The average molecular weight is 289 g/mol. The molecule has 3 nitrogen and oxygen atoms in total. The topological polar surface area (TPSA) is 28.2 Å². The van der Waals surface area contributed by atoms with E-state index in [0.717, 1.165) is 37.8 Å². The number of hydrogen-bond donors (Lipinski definition) is 1. The van der Waals surface area contributed by atoms with Crippen molar-refractivity contribution in [1.29, 1.82) is 0 Å². The fourth-order valence-corrected chi connectivity index (χ4v) is 2.78. The second-order valence-corrected chi connectivity index (χ2v) is 6.77. The van der Waals surface area contributed by atoms with Crippen molar-refractivity contribution in [2.45, 2.75) is 53.1 Å². The molecule has 1 N–H and O–H groups in total. The summed E-state index contributed by atoms with van der Waals surface area (Å²) < 4.78 is 0. The molecule has 0 spiro atoms. The van der Waals surface area contributed by atoms with Crippen LogP contribution in [-0.2, 0) is 13.1 Å². The van der Waals surface area contributed by atoms with Gasteiger partial charge in [0.1, 0.15) is 0 Å². The molecule has 1 fully saturated rings. The molecule has 0 atom stereocenters. The molecule has 0 bridgehead atoms. The molecule has 2 rings (SSSR count). The quantitative estimate of drug-likeness (QED) is 0.754. The highest BCUT2D eigenvalue weighted by molar-refractivity contribution is 5.11. The second kappa shape index (κ2) is 8.50. The van der Waals surface area contributed by atoms with Crippen LogP contribution in [0.25, 0.3) is 0 Å². The minimum absolute atomic E-state index is 0.686. The van der Waals surface area contributed by atoms with Crippen LogP contribution in [0.1, 0.15) is 51.4 Å². The third-order valence-corrected chi connectivity index (χ3v) is 4.30. The zero-order valence-electron chi connectivity index (χ0n) is 13.9. The highest BCUT2D eigenvalue weighted by Gasteiger charge is 2.20. The van der Waals surface area contributed by atoms with Gasteiger partial charge in [-0.3, -0.25) is 9.88 Å². The minimum Gasteiger partial charge on any atom is -0.311 e. The van der Waals surface area contributed by atoms with E-state index >= 15 is 0 Å². The Bertz CT molecular complexity index is 413. The van der Waals surface area contributed by atoms with Crippen LogP contribution in [0, 0.1) is 11.8 Å². The normalized spacial score (nSPS) is 15.7. The maximum absolute atomic E-state index is 4.80. The van der Waals surface area contributed by atoms with Gasteiger partial charge in [-0.15, -0.1) is 0 Å². The first-order valence-corrected chi connectivity index (χ1v) is 8.55. The van der Waals surface area contributed by atoms with Gasteiger partial charge in [-0.2, -0.15) is 0 Å². The molecule has 1 aliphatic carbocycles. The summed E-state index contributed by atoms with van der Waals surface area (Å²) in [7, 11) is 0. The molecular formula is C18H31N3. The maximum Gasteiger partial charge on any atom is 0.0547 e. The van der Waals surface area contributed by atoms with Gasteiger partial charge >= 0.3 is 0 Å². The van der Waals surface area contributed by atoms with Crippen molar-refractivity contribution in [3.05, 3.63) is 29.6 Å². The van der Waals surface area contributed by atoms with Crippen molar-refractivity contribution in [3.8, 4) is 0 Å². The Morgan fingerprint density at radius 3 is 2.67 bits per heavy atom. The first-order valence-electron chi connectivity index (χ1n) is 8.55. The lowest BCUT2D eigenvalue weighted by Crippen LogP contribution is -2.32. The van der Waals surface area contributed by atoms with E-state index in [2.05, 4.69) is 49.2 Å². The Morgan fingerprint density at radius 2 is 2.05 bits per heavy atom. The molecule has 0 unspecified atom stereocenters. The number of nitrogens with zero attached hydrogens (tertiary/aromatic N) is 2. The van der Waals surface area contributed by atoms with Gasteiger partial charge in [0, 0.05) is 19.6 Å². The Labute approximate surface area is 130 Å². The van der Waals surface area contributed by atoms with E-state index in [4.69, 9.17) is 4.98 Å². The van der Waals surface area contributed by atoms with Gasteiger partial charge in [-0.05, 0) is 49.9 Å². The lowest BCUT2D eigenvalue weighted by molar-refractivity contribution is 0.176. The highest BCUT2D eigenvalue weighted by Crippen LogP contribution is 2.27. The van der Waals surface area contributed by atoms with Crippen LogP contribution in [-0.4, -0.2) is 29.5 Å². The van der Waals surface area contributed by atoms with Crippen LogP contribution in [0.2, 0.25) is 0 Å². The number of pyridine rings is 1. The molecule has 1 aromatic rings. The van der Waals surface area contributed by atoms with Gasteiger partial charge in [0.15, 0.2) is 0 Å². The Hall–Kier alpha value is -0.930. The van der Waals surface area contributed by atoms with E-state index in [1.165, 1.54) is 31.5 Å². The molecule has 0 aromatic carbocycles. The zero-order valence-corrected chi connectivity index (χ0v) is 13.9. The highest BCUT2D eigenvalue weighted by atomic mass is 15.1. The number of aromatic nitrogens is 1. The number of rotatable bonds is 9. The molecule has 0 aliphatic heterocycles. The second-order valence-electron chi connectivity index (χ2n) is 6.77. The first kappa shape index (κ1) is 16.4. The van der Waals surface area contributed by atoms with Crippen LogP contribution in [0.5, 0.6) is 0 Å². The molecule has 1 heterocycles. The van der Waals surface area contributed by atoms with Crippen LogP contribution >= 0.6 is 0 Å². The fourth-order valence-electron chi connectivity index (χ4n) is 2.78. The van der Waals surface area contributed by atoms with E-state index in [1.807, 2.05) is 0 Å². The summed E-state index contributed by atoms with van der Waals surface area (Å²) in [6.45, 7) is 12.0. The molecule has 1 aliphatic rings. The fraction of sp³-hybridized carbons (Fsp3) is 0.722. The van der Waals surface area contributed by atoms with Gasteiger partial charge in [0.2, 0.25) is 0 Å². The summed E-state index contributed by atoms with van der Waals surface area (Å²) in [6.07, 6.45) is 4.27. The molecule has 118 valence electrons. The molecule has 3 heteroatoms. The lowest BCUT2D eigenvalue weighted by Gasteiger charge is -2.31. The van der Waals surface area contributed by atoms with Gasteiger partial charge in [0.05, 0.1) is 11.4 Å². The van der Waals surface area contributed by atoms with E-state index in [1.54, 1.807) is 0 Å². The molecular weight excluding hydrogens is 258 g/mol. The Morgan fingerprint density at radius 1 is 1.29 bits per heavy atom. The van der Waals surface area contributed by atoms with E-state index in [-0.39, 0.29) is 0 Å². The van der Waals surface area contributed by atoms with E-state index < -0.39 is 0 Å². The molecule has 0 radical (unpaired) electrons. The third kappa shape index (κ3) is 5.76. The summed E-state index contributed by atoms with van der Waals surface area (Å²) in [4.78, 5) is 7.34. The Balaban J connectivity index is 1.83. The predicted octanol–water partition coefficient (Wildman–Crippen LogP) is 3.45. The van der Waals surface area contributed by atoms with Crippen molar-refractivity contribution in [3.63, 3.8) is 0 Å². The van der Waals surface area contributed by atoms with Crippen LogP contribution in [0.3, 0.4) is 0 Å². The van der Waals surface area contributed by atoms with Gasteiger partial charge < -0.3 is 5.32 Å². The summed E-state index contributed by atoms with van der Waals surface area (Å²) in [5.41, 5.74) is 2.37. The monoisotopic (exact) mass is 289 g/mol. The van der Waals surface area contributed by atoms with Crippen LogP contribution in [0.15, 0.2) is 18.2 Å². The van der Waals surface area contributed by atoms with Crippen LogP contribution < -0.4 is 5.32 Å². The summed E-state index contributed by atoms with van der Waals surface area (Å²) in [6, 6.07) is 6.43. The van der Waals surface area contributed by atoms with E-state index in [0.29, 0.717) is 5.92 Å². The first-order chi connectivity index (χ1) is 10.2. The molecule has 0 saturated heterocycles.